The third-order valence-corrected chi connectivity index (χ3v) is 6.48. The number of hydrogen-bond acceptors (Lipinski definition) is 5. The van der Waals surface area contributed by atoms with Gasteiger partial charge in [-0.15, -0.1) is 10.2 Å². The lowest BCUT2D eigenvalue weighted by atomic mass is 10.1. The van der Waals surface area contributed by atoms with Gasteiger partial charge in [0.05, 0.1) is 11.8 Å². The Labute approximate surface area is 198 Å². The molecule has 7 heteroatoms. The molecule has 1 N–H and O–H groups in total. The van der Waals surface area contributed by atoms with Gasteiger partial charge in [-0.3, -0.25) is 14.3 Å². The summed E-state index contributed by atoms with van der Waals surface area (Å²) in [6.45, 7) is 8.59. The third-order valence-electron chi connectivity index (χ3n) is 5.40. The molecular weight excluding hydrogens is 430 g/mol. The Hall–Kier alpha value is -3.45. The van der Waals surface area contributed by atoms with Crippen LogP contribution in [0, 0.1) is 20.8 Å². The van der Waals surface area contributed by atoms with Gasteiger partial charge in [0.1, 0.15) is 0 Å². The highest BCUT2D eigenvalue weighted by molar-refractivity contribution is 8.00. The van der Waals surface area contributed by atoms with E-state index in [-0.39, 0.29) is 11.2 Å². The molecule has 2 aromatic carbocycles. The maximum atomic E-state index is 13.1. The standard InChI is InChI=1S/C26H27N5OS/c1-17-13-18(2)23(19(3)14-17)28-25(32)20(4)33-26-30-29-24(22-11-8-12-27-15-22)31(26)16-21-9-6-5-7-10-21/h5-15,20H,16H2,1-4H3,(H,28,32). The molecule has 0 aliphatic rings. The highest BCUT2D eigenvalue weighted by Crippen LogP contribution is 2.29. The zero-order valence-corrected chi connectivity index (χ0v) is 20.1. The summed E-state index contributed by atoms with van der Waals surface area (Å²) in [5.74, 6) is 0.666. The third kappa shape index (κ3) is 5.31. The lowest BCUT2D eigenvalue weighted by Gasteiger charge is -2.16. The van der Waals surface area contributed by atoms with E-state index < -0.39 is 0 Å². The number of hydrogen-bond donors (Lipinski definition) is 1. The van der Waals surface area contributed by atoms with Crippen molar-refractivity contribution in [2.45, 2.75) is 44.6 Å². The zero-order chi connectivity index (χ0) is 23.4. The van der Waals surface area contributed by atoms with Crippen molar-refractivity contribution in [3.05, 3.63) is 89.2 Å². The zero-order valence-electron chi connectivity index (χ0n) is 19.2. The van der Waals surface area contributed by atoms with Crippen LogP contribution in [0.2, 0.25) is 0 Å². The van der Waals surface area contributed by atoms with Crippen molar-refractivity contribution >= 4 is 23.4 Å². The number of aryl methyl sites for hydroxylation is 3. The topological polar surface area (TPSA) is 72.7 Å². The normalized spacial score (nSPS) is 11.9. The highest BCUT2D eigenvalue weighted by Gasteiger charge is 2.22. The molecule has 6 nitrogen and oxygen atoms in total. The Kier molecular flexibility index (Phi) is 6.89. The number of carbonyl (C=O) groups is 1. The molecule has 0 spiro atoms. The number of amides is 1. The molecule has 1 amide bonds. The first kappa shape index (κ1) is 22.7. The molecule has 0 fully saturated rings. The van der Waals surface area contributed by atoms with Gasteiger partial charge in [-0.1, -0.05) is 59.8 Å². The van der Waals surface area contributed by atoms with E-state index in [4.69, 9.17) is 0 Å². The molecule has 2 aromatic heterocycles. The molecule has 168 valence electrons. The molecule has 0 saturated carbocycles. The summed E-state index contributed by atoms with van der Waals surface area (Å²) in [4.78, 5) is 17.3. The fourth-order valence-electron chi connectivity index (χ4n) is 3.81. The minimum atomic E-state index is -0.356. The van der Waals surface area contributed by atoms with Crippen LogP contribution in [0.3, 0.4) is 0 Å². The molecule has 4 aromatic rings. The van der Waals surface area contributed by atoms with E-state index in [0.29, 0.717) is 11.7 Å². The summed E-state index contributed by atoms with van der Waals surface area (Å²) < 4.78 is 2.04. The monoisotopic (exact) mass is 457 g/mol. The Bertz CT molecular complexity index is 1230. The van der Waals surface area contributed by atoms with Crippen LogP contribution in [0.1, 0.15) is 29.2 Å². The summed E-state index contributed by atoms with van der Waals surface area (Å²) in [5, 5.41) is 12.3. The maximum absolute atomic E-state index is 13.1. The molecular formula is C26H27N5OS. The fraction of sp³-hybridized carbons (Fsp3) is 0.231. The van der Waals surface area contributed by atoms with Crippen molar-refractivity contribution in [2.24, 2.45) is 0 Å². The van der Waals surface area contributed by atoms with E-state index in [0.717, 1.165) is 33.8 Å². The Morgan fingerprint density at radius 2 is 1.76 bits per heavy atom. The van der Waals surface area contributed by atoms with E-state index in [1.165, 1.54) is 17.3 Å². The van der Waals surface area contributed by atoms with Gasteiger partial charge in [0.25, 0.3) is 0 Å². The van der Waals surface area contributed by atoms with Gasteiger partial charge in [0.15, 0.2) is 11.0 Å². The van der Waals surface area contributed by atoms with E-state index >= 15 is 0 Å². The van der Waals surface area contributed by atoms with Gasteiger partial charge in [-0.05, 0) is 56.5 Å². The number of aromatic nitrogens is 4. The predicted octanol–water partition coefficient (Wildman–Crippen LogP) is 5.43. The Morgan fingerprint density at radius 3 is 2.42 bits per heavy atom. The summed E-state index contributed by atoms with van der Waals surface area (Å²) in [5.41, 5.74) is 6.19. The van der Waals surface area contributed by atoms with Crippen LogP contribution in [0.5, 0.6) is 0 Å². The first-order chi connectivity index (χ1) is 15.9. The van der Waals surface area contributed by atoms with Crippen LogP contribution in [-0.4, -0.2) is 30.9 Å². The first-order valence-electron chi connectivity index (χ1n) is 10.8. The summed E-state index contributed by atoms with van der Waals surface area (Å²) >= 11 is 1.40. The van der Waals surface area contributed by atoms with Gasteiger partial charge >= 0.3 is 0 Å². The number of benzene rings is 2. The first-order valence-corrected chi connectivity index (χ1v) is 11.7. The molecule has 0 bridgehead atoms. The van der Waals surface area contributed by atoms with E-state index in [2.05, 4.69) is 51.7 Å². The quantitative estimate of drug-likeness (QED) is 0.375. The average Bonchev–Trinajstić information content (AvgIpc) is 3.19. The molecule has 1 unspecified atom stereocenters. The fourth-order valence-corrected chi connectivity index (χ4v) is 4.66. The smallest absolute Gasteiger partial charge is 0.237 e. The maximum Gasteiger partial charge on any atom is 0.237 e. The van der Waals surface area contributed by atoms with Crippen LogP contribution in [0.15, 0.2) is 72.1 Å². The number of carbonyl (C=O) groups excluding carboxylic acids is 1. The molecule has 0 aliphatic carbocycles. The van der Waals surface area contributed by atoms with Crippen LogP contribution >= 0.6 is 11.8 Å². The minimum absolute atomic E-state index is 0.0627. The molecule has 4 rings (SSSR count). The molecule has 2 heterocycles. The summed E-state index contributed by atoms with van der Waals surface area (Å²) in [7, 11) is 0. The van der Waals surface area contributed by atoms with Crippen molar-refractivity contribution in [3.63, 3.8) is 0 Å². The van der Waals surface area contributed by atoms with Gasteiger partial charge in [-0.2, -0.15) is 0 Å². The van der Waals surface area contributed by atoms with Crippen molar-refractivity contribution < 1.29 is 4.79 Å². The largest absolute Gasteiger partial charge is 0.325 e. The van der Waals surface area contributed by atoms with Crippen LogP contribution in [-0.2, 0) is 11.3 Å². The lowest BCUT2D eigenvalue weighted by Crippen LogP contribution is -2.24. The SMILES string of the molecule is Cc1cc(C)c(NC(=O)C(C)Sc2nnc(-c3cccnc3)n2Cc2ccccc2)c(C)c1. The van der Waals surface area contributed by atoms with Gasteiger partial charge in [-0.25, -0.2) is 0 Å². The van der Waals surface area contributed by atoms with Crippen LogP contribution in [0.4, 0.5) is 5.69 Å². The average molecular weight is 458 g/mol. The van der Waals surface area contributed by atoms with E-state index in [9.17, 15) is 4.79 Å². The van der Waals surface area contributed by atoms with Crippen LogP contribution in [0.25, 0.3) is 11.4 Å². The lowest BCUT2D eigenvalue weighted by molar-refractivity contribution is -0.115. The van der Waals surface area contributed by atoms with Crippen molar-refractivity contribution in [1.82, 2.24) is 19.7 Å². The predicted molar refractivity (Wildman–Crippen MR) is 133 cm³/mol. The number of thioether (sulfide) groups is 1. The molecule has 0 saturated heterocycles. The summed E-state index contributed by atoms with van der Waals surface area (Å²) in [6.07, 6.45) is 3.51. The van der Waals surface area contributed by atoms with Crippen LogP contribution < -0.4 is 5.32 Å². The number of rotatable bonds is 7. The second-order valence-corrected chi connectivity index (χ2v) is 9.45. The highest BCUT2D eigenvalue weighted by atomic mass is 32.2. The number of nitrogens with one attached hydrogen (secondary N) is 1. The molecule has 0 aliphatic heterocycles. The van der Waals surface area contributed by atoms with Gasteiger partial charge < -0.3 is 5.32 Å². The Morgan fingerprint density at radius 1 is 1.03 bits per heavy atom. The minimum Gasteiger partial charge on any atom is -0.325 e. The Balaban J connectivity index is 1.59. The van der Waals surface area contributed by atoms with Crippen molar-refractivity contribution in [1.29, 1.82) is 0 Å². The molecule has 0 radical (unpaired) electrons. The molecule has 33 heavy (non-hydrogen) atoms. The number of anilines is 1. The second-order valence-electron chi connectivity index (χ2n) is 8.14. The van der Waals surface area contributed by atoms with E-state index in [1.54, 1.807) is 12.4 Å². The van der Waals surface area contributed by atoms with Crippen molar-refractivity contribution in [2.75, 3.05) is 5.32 Å². The van der Waals surface area contributed by atoms with E-state index in [1.807, 2.05) is 55.7 Å². The number of nitrogens with zero attached hydrogens (tertiary/aromatic N) is 4. The van der Waals surface area contributed by atoms with Gasteiger partial charge in [0.2, 0.25) is 5.91 Å². The summed E-state index contributed by atoms with van der Waals surface area (Å²) in [6, 6.07) is 18.2. The second kappa shape index (κ2) is 10.0. The van der Waals surface area contributed by atoms with Crippen molar-refractivity contribution in [3.8, 4) is 11.4 Å². The van der Waals surface area contributed by atoms with Gasteiger partial charge in [0, 0.05) is 23.6 Å². The molecule has 1 atom stereocenters. The number of pyridine rings is 1.